The Hall–Kier alpha value is -1.90. The van der Waals surface area contributed by atoms with Gasteiger partial charge in [-0.1, -0.05) is 11.8 Å². The van der Waals surface area contributed by atoms with Crippen LogP contribution in [0.5, 0.6) is 0 Å². The van der Waals surface area contributed by atoms with E-state index in [0.717, 1.165) is 25.8 Å². The van der Waals surface area contributed by atoms with Crippen molar-refractivity contribution in [2.45, 2.75) is 31.7 Å². The summed E-state index contributed by atoms with van der Waals surface area (Å²) in [7, 11) is 0. The van der Waals surface area contributed by atoms with E-state index >= 15 is 0 Å². The molecule has 1 amide bonds. The van der Waals surface area contributed by atoms with Crippen LogP contribution in [0.3, 0.4) is 0 Å². The summed E-state index contributed by atoms with van der Waals surface area (Å²) in [5.74, 6) is 5.20. The smallest absolute Gasteiger partial charge is 0.272 e. The Balaban J connectivity index is 2.10. The summed E-state index contributed by atoms with van der Waals surface area (Å²) >= 11 is 0. The lowest BCUT2D eigenvalue weighted by molar-refractivity contribution is 0.0568. The summed E-state index contributed by atoms with van der Waals surface area (Å²) in [6.45, 7) is 0.617. The number of aromatic nitrogens is 1. The first-order chi connectivity index (χ1) is 10.3. The first-order valence-corrected chi connectivity index (χ1v) is 7.24. The van der Waals surface area contributed by atoms with E-state index in [-0.39, 0.29) is 25.2 Å². The molecule has 1 aromatic heterocycles. The van der Waals surface area contributed by atoms with Crippen LogP contribution in [-0.2, 0) is 0 Å². The number of aliphatic hydroxyl groups excluding tert-OH is 2. The average molecular weight is 288 g/mol. The standard InChI is InChI=1S/C16H20N2O3/c19-10-3-4-13-6-7-15(17-12-13)16(21)18-9-2-1-5-14(18)8-11-20/h6-7,12,14,19-20H,1-2,5,8-11H2. The van der Waals surface area contributed by atoms with Crippen molar-refractivity contribution in [2.75, 3.05) is 19.8 Å². The SMILES string of the molecule is O=C(c1ccc(C#CCO)cn1)N1CCCCC1CCO. The van der Waals surface area contributed by atoms with Crippen LogP contribution in [0, 0.1) is 11.8 Å². The molecule has 0 aromatic carbocycles. The van der Waals surface area contributed by atoms with E-state index in [1.54, 1.807) is 18.3 Å². The molecular weight excluding hydrogens is 268 g/mol. The molecule has 1 unspecified atom stereocenters. The van der Waals surface area contributed by atoms with Crippen LogP contribution in [0.4, 0.5) is 0 Å². The minimum absolute atomic E-state index is 0.0881. The van der Waals surface area contributed by atoms with Crippen molar-refractivity contribution in [3.8, 4) is 11.8 Å². The lowest BCUT2D eigenvalue weighted by Crippen LogP contribution is -2.44. The van der Waals surface area contributed by atoms with Crippen molar-refractivity contribution >= 4 is 5.91 Å². The van der Waals surface area contributed by atoms with Crippen molar-refractivity contribution in [1.29, 1.82) is 0 Å². The maximum absolute atomic E-state index is 12.5. The summed E-state index contributed by atoms with van der Waals surface area (Å²) < 4.78 is 0. The molecule has 112 valence electrons. The summed E-state index contributed by atoms with van der Waals surface area (Å²) in [5.41, 5.74) is 1.07. The molecule has 21 heavy (non-hydrogen) atoms. The minimum Gasteiger partial charge on any atom is -0.396 e. The van der Waals surface area contributed by atoms with Crippen LogP contribution < -0.4 is 0 Å². The molecule has 2 heterocycles. The number of aliphatic hydroxyl groups is 2. The van der Waals surface area contributed by atoms with Crippen molar-refractivity contribution in [3.63, 3.8) is 0 Å². The lowest BCUT2D eigenvalue weighted by atomic mass is 9.99. The molecule has 1 atom stereocenters. The maximum atomic E-state index is 12.5. The second kappa shape index (κ2) is 7.77. The van der Waals surface area contributed by atoms with Crippen LogP contribution in [0.25, 0.3) is 0 Å². The van der Waals surface area contributed by atoms with Gasteiger partial charge >= 0.3 is 0 Å². The number of likely N-dealkylation sites (tertiary alicyclic amines) is 1. The number of nitrogens with zero attached hydrogens (tertiary/aromatic N) is 2. The van der Waals surface area contributed by atoms with Crippen LogP contribution in [0.15, 0.2) is 18.3 Å². The predicted octanol–water partition coefficient (Wildman–Crippen LogP) is 0.802. The second-order valence-corrected chi connectivity index (χ2v) is 5.05. The Kier molecular flexibility index (Phi) is 5.73. The highest BCUT2D eigenvalue weighted by Gasteiger charge is 2.27. The van der Waals surface area contributed by atoms with Crippen LogP contribution in [0.1, 0.15) is 41.7 Å². The number of carbonyl (C=O) groups is 1. The van der Waals surface area contributed by atoms with E-state index in [9.17, 15) is 4.79 Å². The third kappa shape index (κ3) is 4.03. The quantitative estimate of drug-likeness (QED) is 0.807. The Morgan fingerprint density at radius 1 is 1.38 bits per heavy atom. The fraction of sp³-hybridized carbons (Fsp3) is 0.500. The molecule has 0 radical (unpaired) electrons. The third-order valence-electron chi connectivity index (χ3n) is 3.64. The van der Waals surface area contributed by atoms with Gasteiger partial charge in [-0.05, 0) is 37.8 Å². The van der Waals surface area contributed by atoms with Crippen LogP contribution >= 0.6 is 0 Å². The fourth-order valence-electron chi connectivity index (χ4n) is 2.60. The maximum Gasteiger partial charge on any atom is 0.272 e. The molecule has 5 heteroatoms. The molecule has 1 fully saturated rings. The van der Waals surface area contributed by atoms with Crippen molar-refractivity contribution in [1.82, 2.24) is 9.88 Å². The fourth-order valence-corrected chi connectivity index (χ4v) is 2.60. The molecule has 1 aliphatic rings. The number of pyridine rings is 1. The Bertz CT molecular complexity index is 529. The first-order valence-electron chi connectivity index (χ1n) is 7.24. The molecule has 0 spiro atoms. The molecule has 2 N–H and O–H groups in total. The lowest BCUT2D eigenvalue weighted by Gasteiger charge is -2.35. The highest BCUT2D eigenvalue weighted by molar-refractivity contribution is 5.92. The predicted molar refractivity (Wildman–Crippen MR) is 78.6 cm³/mol. The monoisotopic (exact) mass is 288 g/mol. The molecule has 5 nitrogen and oxygen atoms in total. The zero-order chi connectivity index (χ0) is 15.1. The summed E-state index contributed by atoms with van der Waals surface area (Å²) in [6, 6.07) is 3.49. The van der Waals surface area contributed by atoms with Gasteiger partial charge in [0.2, 0.25) is 0 Å². The average Bonchev–Trinajstić information content (AvgIpc) is 2.53. The van der Waals surface area contributed by atoms with Gasteiger partial charge < -0.3 is 15.1 Å². The Morgan fingerprint density at radius 2 is 2.24 bits per heavy atom. The molecule has 2 rings (SSSR count). The number of rotatable bonds is 3. The van der Waals surface area contributed by atoms with Gasteiger partial charge in [0.25, 0.3) is 5.91 Å². The van der Waals surface area contributed by atoms with Crippen molar-refractivity contribution in [2.24, 2.45) is 0 Å². The summed E-state index contributed by atoms with van der Waals surface area (Å²) in [5, 5.41) is 17.8. The number of amides is 1. The van der Waals surface area contributed by atoms with Gasteiger partial charge in [-0.25, -0.2) is 4.98 Å². The van der Waals surface area contributed by atoms with Gasteiger partial charge in [-0.15, -0.1) is 0 Å². The van der Waals surface area contributed by atoms with E-state index in [0.29, 0.717) is 17.7 Å². The molecule has 1 saturated heterocycles. The van der Waals surface area contributed by atoms with E-state index in [1.165, 1.54) is 0 Å². The molecule has 0 bridgehead atoms. The Labute approximate surface area is 124 Å². The molecular formula is C16H20N2O3. The first kappa shape index (κ1) is 15.5. The van der Waals surface area contributed by atoms with Gasteiger partial charge in [0.1, 0.15) is 12.3 Å². The largest absolute Gasteiger partial charge is 0.396 e. The zero-order valence-corrected chi connectivity index (χ0v) is 12.0. The van der Waals surface area contributed by atoms with Crippen molar-refractivity contribution in [3.05, 3.63) is 29.6 Å². The normalized spacial score (nSPS) is 18.0. The highest BCUT2D eigenvalue weighted by atomic mass is 16.3. The van der Waals surface area contributed by atoms with Gasteiger partial charge in [0.05, 0.1) is 0 Å². The molecule has 1 aliphatic heterocycles. The second-order valence-electron chi connectivity index (χ2n) is 5.05. The number of piperidine rings is 1. The summed E-state index contributed by atoms with van der Waals surface area (Å²) in [6.07, 6.45) is 5.18. The highest BCUT2D eigenvalue weighted by Crippen LogP contribution is 2.21. The zero-order valence-electron chi connectivity index (χ0n) is 12.0. The third-order valence-corrected chi connectivity index (χ3v) is 3.64. The van der Waals surface area contributed by atoms with Gasteiger partial charge in [0.15, 0.2) is 0 Å². The van der Waals surface area contributed by atoms with Crippen LogP contribution in [0.2, 0.25) is 0 Å². The summed E-state index contributed by atoms with van der Waals surface area (Å²) in [4.78, 5) is 18.5. The van der Waals surface area contributed by atoms with Crippen LogP contribution in [-0.4, -0.2) is 51.8 Å². The minimum atomic E-state index is -0.197. The Morgan fingerprint density at radius 3 is 2.90 bits per heavy atom. The number of carbonyl (C=O) groups excluding carboxylic acids is 1. The van der Waals surface area contributed by atoms with E-state index in [1.807, 2.05) is 4.90 Å². The van der Waals surface area contributed by atoms with Crippen molar-refractivity contribution < 1.29 is 15.0 Å². The molecule has 0 saturated carbocycles. The van der Waals surface area contributed by atoms with E-state index < -0.39 is 0 Å². The van der Waals surface area contributed by atoms with Gasteiger partial charge in [-0.3, -0.25) is 4.79 Å². The number of hydrogen-bond donors (Lipinski definition) is 2. The molecule has 1 aromatic rings. The van der Waals surface area contributed by atoms with E-state index in [2.05, 4.69) is 16.8 Å². The van der Waals surface area contributed by atoms with Gasteiger partial charge in [0, 0.05) is 31.0 Å². The topological polar surface area (TPSA) is 73.7 Å². The van der Waals surface area contributed by atoms with Gasteiger partial charge in [-0.2, -0.15) is 0 Å². The number of hydrogen-bond acceptors (Lipinski definition) is 4. The van der Waals surface area contributed by atoms with E-state index in [4.69, 9.17) is 10.2 Å². The molecule has 0 aliphatic carbocycles.